The molecule has 92 valence electrons. The van der Waals surface area contributed by atoms with Crippen molar-refractivity contribution in [2.24, 2.45) is 0 Å². The summed E-state index contributed by atoms with van der Waals surface area (Å²) in [6.07, 6.45) is 10.6. The first-order valence-electron chi connectivity index (χ1n) is 6.09. The smallest absolute Gasteiger partial charge is 0.323 e. The lowest BCUT2D eigenvalue weighted by atomic mass is 10.1. The molecule has 0 fully saturated rings. The summed E-state index contributed by atoms with van der Waals surface area (Å²) in [5.74, 6) is 2.29. The average molecular weight is 225 g/mol. The number of unbranched alkanes of at least 4 members (excludes halogenated alkanes) is 3. The molecule has 1 N–H and O–H groups in total. The van der Waals surface area contributed by atoms with Crippen LogP contribution in [0, 0.1) is 12.3 Å². The summed E-state index contributed by atoms with van der Waals surface area (Å²) in [4.78, 5) is 11.6. The third-order valence-electron chi connectivity index (χ3n) is 2.37. The Hall–Kier alpha value is -1.01. The third-order valence-corrected chi connectivity index (χ3v) is 2.37. The number of rotatable bonds is 9. The molecule has 0 saturated heterocycles. The number of hydrogen-bond donors (Lipinski definition) is 1. The highest BCUT2D eigenvalue weighted by Crippen LogP contribution is 2.06. The van der Waals surface area contributed by atoms with E-state index in [4.69, 9.17) is 11.2 Å². The normalized spacial score (nSPS) is 11.8. The Morgan fingerprint density at radius 1 is 1.38 bits per heavy atom. The molecule has 0 heterocycles. The van der Waals surface area contributed by atoms with Gasteiger partial charge in [-0.3, -0.25) is 10.1 Å². The van der Waals surface area contributed by atoms with Crippen LogP contribution in [0.5, 0.6) is 0 Å². The SMILES string of the molecule is C#CCNC(CCCCCC)C(=O)OCC. The predicted octanol–water partition coefficient (Wildman–Crippen LogP) is 2.11. The quantitative estimate of drug-likeness (QED) is 0.371. The van der Waals surface area contributed by atoms with E-state index in [0.717, 1.165) is 19.3 Å². The monoisotopic (exact) mass is 225 g/mol. The Morgan fingerprint density at radius 3 is 2.69 bits per heavy atom. The number of terminal acetylenes is 1. The summed E-state index contributed by atoms with van der Waals surface area (Å²) in [6.45, 7) is 4.81. The summed E-state index contributed by atoms with van der Waals surface area (Å²) in [6, 6.07) is -0.243. The fraction of sp³-hybridized carbons (Fsp3) is 0.769. The molecule has 0 aliphatic heterocycles. The lowest BCUT2D eigenvalue weighted by Gasteiger charge is -2.15. The van der Waals surface area contributed by atoms with E-state index in [1.54, 1.807) is 0 Å². The minimum absolute atomic E-state index is 0.186. The summed E-state index contributed by atoms with van der Waals surface area (Å²) < 4.78 is 4.99. The molecular weight excluding hydrogens is 202 g/mol. The Morgan fingerprint density at radius 2 is 2.12 bits per heavy atom. The van der Waals surface area contributed by atoms with Crippen LogP contribution in [0.2, 0.25) is 0 Å². The van der Waals surface area contributed by atoms with Gasteiger partial charge in [-0.25, -0.2) is 0 Å². The molecule has 1 unspecified atom stereocenters. The molecule has 3 heteroatoms. The van der Waals surface area contributed by atoms with Crippen molar-refractivity contribution in [3.8, 4) is 12.3 Å². The van der Waals surface area contributed by atoms with Crippen LogP contribution in [-0.4, -0.2) is 25.2 Å². The molecule has 0 saturated carbocycles. The van der Waals surface area contributed by atoms with Crippen LogP contribution in [0.1, 0.15) is 46.0 Å². The summed E-state index contributed by atoms with van der Waals surface area (Å²) in [5.41, 5.74) is 0. The molecule has 3 nitrogen and oxygen atoms in total. The highest BCUT2D eigenvalue weighted by molar-refractivity contribution is 5.75. The van der Waals surface area contributed by atoms with Gasteiger partial charge in [-0.2, -0.15) is 0 Å². The zero-order valence-corrected chi connectivity index (χ0v) is 10.4. The fourth-order valence-corrected chi connectivity index (χ4v) is 1.50. The van der Waals surface area contributed by atoms with E-state index in [9.17, 15) is 4.79 Å². The van der Waals surface area contributed by atoms with Crippen molar-refractivity contribution in [2.45, 2.75) is 52.0 Å². The second-order valence-electron chi connectivity index (χ2n) is 3.74. The van der Waals surface area contributed by atoms with Crippen molar-refractivity contribution >= 4 is 5.97 Å². The lowest BCUT2D eigenvalue weighted by molar-refractivity contribution is -0.145. The van der Waals surface area contributed by atoms with Crippen LogP contribution in [0.4, 0.5) is 0 Å². The van der Waals surface area contributed by atoms with Crippen molar-refractivity contribution < 1.29 is 9.53 Å². The van der Waals surface area contributed by atoms with Crippen LogP contribution in [-0.2, 0) is 9.53 Å². The van der Waals surface area contributed by atoms with Crippen LogP contribution in [0.25, 0.3) is 0 Å². The molecule has 0 aromatic rings. The standard InChI is InChI=1S/C13H23NO2/c1-4-7-8-9-10-12(14-11-5-2)13(15)16-6-3/h2,12,14H,4,6-11H2,1,3H3. The number of ether oxygens (including phenoxy) is 1. The number of esters is 1. The molecule has 0 aromatic heterocycles. The third kappa shape index (κ3) is 7.30. The van der Waals surface area contributed by atoms with Gasteiger partial charge in [-0.1, -0.05) is 38.5 Å². The van der Waals surface area contributed by atoms with Gasteiger partial charge in [-0.05, 0) is 13.3 Å². The Labute approximate surface area is 98.9 Å². The van der Waals surface area contributed by atoms with E-state index < -0.39 is 0 Å². The van der Waals surface area contributed by atoms with E-state index >= 15 is 0 Å². The molecule has 0 bridgehead atoms. The van der Waals surface area contributed by atoms with Gasteiger partial charge in [0.1, 0.15) is 6.04 Å². The number of nitrogens with one attached hydrogen (secondary N) is 1. The highest BCUT2D eigenvalue weighted by Gasteiger charge is 2.17. The molecule has 0 aliphatic carbocycles. The molecule has 0 spiro atoms. The number of carbonyl (C=O) groups excluding carboxylic acids is 1. The predicted molar refractivity (Wildman–Crippen MR) is 66.0 cm³/mol. The van der Waals surface area contributed by atoms with Gasteiger partial charge in [0, 0.05) is 0 Å². The molecule has 0 amide bonds. The van der Waals surface area contributed by atoms with Gasteiger partial charge in [0.25, 0.3) is 0 Å². The van der Waals surface area contributed by atoms with E-state index in [0.29, 0.717) is 13.2 Å². The first-order valence-corrected chi connectivity index (χ1v) is 6.09. The second kappa shape index (κ2) is 10.5. The van der Waals surface area contributed by atoms with Gasteiger partial charge in [-0.15, -0.1) is 6.42 Å². The Bertz CT molecular complexity index is 220. The largest absolute Gasteiger partial charge is 0.465 e. The molecule has 0 radical (unpaired) electrons. The Balaban J connectivity index is 3.90. The topological polar surface area (TPSA) is 38.3 Å². The van der Waals surface area contributed by atoms with Crippen LogP contribution in [0.15, 0.2) is 0 Å². The molecule has 0 aliphatic rings. The van der Waals surface area contributed by atoms with Crippen molar-refractivity contribution in [3.05, 3.63) is 0 Å². The highest BCUT2D eigenvalue weighted by atomic mass is 16.5. The number of carbonyl (C=O) groups is 1. The maximum atomic E-state index is 11.6. The fourth-order valence-electron chi connectivity index (χ4n) is 1.50. The maximum Gasteiger partial charge on any atom is 0.323 e. The molecule has 16 heavy (non-hydrogen) atoms. The summed E-state index contributed by atoms with van der Waals surface area (Å²) >= 11 is 0. The zero-order chi connectivity index (χ0) is 12.2. The average Bonchev–Trinajstić information content (AvgIpc) is 2.28. The molecule has 0 aromatic carbocycles. The van der Waals surface area contributed by atoms with Crippen molar-refractivity contribution in [3.63, 3.8) is 0 Å². The Kier molecular flexibility index (Phi) is 9.84. The van der Waals surface area contributed by atoms with Crippen molar-refractivity contribution in [2.75, 3.05) is 13.2 Å². The van der Waals surface area contributed by atoms with Crippen LogP contribution >= 0.6 is 0 Å². The second-order valence-corrected chi connectivity index (χ2v) is 3.74. The van der Waals surface area contributed by atoms with Crippen molar-refractivity contribution in [1.82, 2.24) is 5.32 Å². The van der Waals surface area contributed by atoms with Crippen LogP contribution in [0.3, 0.4) is 0 Å². The van der Waals surface area contributed by atoms with E-state index in [2.05, 4.69) is 18.2 Å². The van der Waals surface area contributed by atoms with Gasteiger partial charge >= 0.3 is 5.97 Å². The van der Waals surface area contributed by atoms with E-state index in [1.165, 1.54) is 12.8 Å². The molecular formula is C13H23NO2. The first-order chi connectivity index (χ1) is 7.76. The van der Waals surface area contributed by atoms with Gasteiger partial charge in [0.2, 0.25) is 0 Å². The van der Waals surface area contributed by atoms with Gasteiger partial charge < -0.3 is 4.74 Å². The van der Waals surface area contributed by atoms with E-state index in [1.807, 2.05) is 6.92 Å². The zero-order valence-electron chi connectivity index (χ0n) is 10.4. The first kappa shape index (κ1) is 15.0. The summed E-state index contributed by atoms with van der Waals surface area (Å²) in [5, 5.41) is 3.02. The van der Waals surface area contributed by atoms with Crippen LogP contribution < -0.4 is 5.32 Å². The maximum absolute atomic E-state index is 11.6. The summed E-state index contributed by atoms with van der Waals surface area (Å²) in [7, 11) is 0. The minimum atomic E-state index is -0.243. The minimum Gasteiger partial charge on any atom is -0.465 e. The van der Waals surface area contributed by atoms with E-state index in [-0.39, 0.29) is 12.0 Å². The van der Waals surface area contributed by atoms with Gasteiger partial charge in [0.15, 0.2) is 0 Å². The molecule has 0 rings (SSSR count). The van der Waals surface area contributed by atoms with Crippen molar-refractivity contribution in [1.29, 1.82) is 0 Å². The lowest BCUT2D eigenvalue weighted by Crippen LogP contribution is -2.38. The number of hydrogen-bond acceptors (Lipinski definition) is 3. The molecule has 1 atom stereocenters. The van der Waals surface area contributed by atoms with Gasteiger partial charge in [0.05, 0.1) is 13.2 Å².